The van der Waals surface area contributed by atoms with Crippen LogP contribution in [0.5, 0.6) is 0 Å². The van der Waals surface area contributed by atoms with E-state index in [9.17, 15) is 24.0 Å². The molecule has 218 valence electrons. The zero-order valence-electron chi connectivity index (χ0n) is 23.7. The Morgan fingerprint density at radius 3 is 2.10 bits per heavy atom. The Morgan fingerprint density at radius 2 is 1.59 bits per heavy atom. The average Bonchev–Trinajstić information content (AvgIpc) is 3.36. The Morgan fingerprint density at radius 1 is 0.974 bits per heavy atom. The number of amides is 3. The van der Waals surface area contributed by atoms with Crippen LogP contribution < -0.4 is 16.0 Å². The molecular weight excluding hydrogens is 526 g/mol. The minimum absolute atomic E-state index is 0.0163. The second-order valence-corrected chi connectivity index (χ2v) is 11.6. The van der Waals surface area contributed by atoms with Gasteiger partial charge in [-0.3, -0.25) is 24.0 Å². The molecule has 39 heavy (non-hydrogen) atoms. The van der Waals surface area contributed by atoms with Crippen LogP contribution in [0.25, 0.3) is 0 Å². The largest absolute Gasteiger partial charge is 0.373 e. The zero-order chi connectivity index (χ0) is 30.1. The minimum atomic E-state index is -0.867. The molecule has 0 radical (unpaired) electrons. The highest BCUT2D eigenvalue weighted by molar-refractivity contribution is 8.01. The summed E-state index contributed by atoms with van der Waals surface area (Å²) in [6.45, 7) is 12.7. The first-order chi connectivity index (χ1) is 18.2. The summed E-state index contributed by atoms with van der Waals surface area (Å²) in [6.07, 6.45) is 3.40. The predicted octanol–water partition coefficient (Wildman–Crippen LogP) is 1.22. The quantitative estimate of drug-likeness (QED) is 0.228. The van der Waals surface area contributed by atoms with Gasteiger partial charge in [-0.05, 0) is 19.1 Å². The van der Waals surface area contributed by atoms with Crippen LogP contribution in [0, 0.1) is 11.8 Å². The highest BCUT2D eigenvalue weighted by Gasteiger charge is 2.27. The monoisotopic (exact) mass is 567 g/mol. The predicted molar refractivity (Wildman–Crippen MR) is 145 cm³/mol. The van der Waals surface area contributed by atoms with Gasteiger partial charge in [-0.15, -0.1) is 11.8 Å². The molecule has 0 aliphatic heterocycles. The van der Waals surface area contributed by atoms with Gasteiger partial charge in [0.25, 0.3) is 0 Å². The molecule has 1 aromatic rings. The van der Waals surface area contributed by atoms with Crippen LogP contribution in [0.4, 0.5) is 0 Å². The van der Waals surface area contributed by atoms with Crippen LogP contribution in [0.1, 0.15) is 67.0 Å². The topological polar surface area (TPSA) is 184 Å². The minimum Gasteiger partial charge on any atom is -0.355 e. The molecule has 0 aliphatic rings. The highest BCUT2D eigenvalue weighted by atomic mass is 32.2. The number of thioether (sulfide) groups is 1. The number of imidazole rings is 1. The number of ketones is 2. The van der Waals surface area contributed by atoms with Crippen molar-refractivity contribution < 1.29 is 33.6 Å². The molecule has 4 atom stereocenters. The van der Waals surface area contributed by atoms with Crippen LogP contribution in [0.3, 0.4) is 0 Å². The van der Waals surface area contributed by atoms with Crippen molar-refractivity contribution in [3.05, 3.63) is 18.2 Å². The summed E-state index contributed by atoms with van der Waals surface area (Å²) in [5.41, 5.74) is 0.662. The van der Waals surface area contributed by atoms with Gasteiger partial charge >= 0.3 is 6.15 Å². The van der Waals surface area contributed by atoms with Gasteiger partial charge in [0.2, 0.25) is 17.7 Å². The highest BCUT2D eigenvalue weighted by Crippen LogP contribution is 2.16. The van der Waals surface area contributed by atoms with E-state index < -0.39 is 23.9 Å². The van der Waals surface area contributed by atoms with Gasteiger partial charge in [-0.2, -0.15) is 9.59 Å². The maximum atomic E-state index is 13.1. The molecule has 0 aliphatic carbocycles. The number of Topliss-reactive ketones (excluding diaryl/α,β-unsaturated/α-hetero) is 2. The lowest BCUT2D eigenvalue weighted by molar-refractivity contribution is -0.191. The molecule has 0 spiro atoms. The molecule has 0 saturated heterocycles. The summed E-state index contributed by atoms with van der Waals surface area (Å²) in [5, 5.41) is 8.23. The molecule has 1 heterocycles. The number of aromatic amines is 1. The van der Waals surface area contributed by atoms with Gasteiger partial charge in [0.15, 0.2) is 11.6 Å². The lowest BCUT2D eigenvalue weighted by atomic mass is 9.95. The number of hydrogen-bond donors (Lipinski definition) is 4. The molecule has 0 aromatic carbocycles. The van der Waals surface area contributed by atoms with E-state index in [1.807, 2.05) is 20.8 Å². The standard InChI is InChI=1S/C25H41N5O5S.CO2/c1-14(2)23(33)17(6)29-24(34)16(5)10-21(31)20(11-19-12-26-13-28-19)30-22(32)8-9-27-25(35)18(7)36-15(3)4;2-1-3/h12-18,20H,8-11H2,1-7H3,(H,26,28)(H,27,35)(H,29,34)(H,30,32);/t16-,17+,18?,20+;/m1./s1. The third-order valence-electron chi connectivity index (χ3n) is 5.51. The lowest BCUT2D eigenvalue weighted by Gasteiger charge is -2.21. The van der Waals surface area contributed by atoms with Crippen molar-refractivity contribution in [3.8, 4) is 0 Å². The smallest absolute Gasteiger partial charge is 0.355 e. The summed E-state index contributed by atoms with van der Waals surface area (Å²) in [5.74, 6) is -2.21. The molecule has 4 N–H and O–H groups in total. The van der Waals surface area contributed by atoms with E-state index in [0.717, 1.165) is 0 Å². The molecule has 13 heteroatoms. The Balaban J connectivity index is 0.00000458. The van der Waals surface area contributed by atoms with E-state index >= 15 is 0 Å². The van der Waals surface area contributed by atoms with E-state index in [4.69, 9.17) is 9.59 Å². The number of nitrogens with one attached hydrogen (secondary N) is 4. The molecule has 1 unspecified atom stereocenters. The van der Waals surface area contributed by atoms with Gasteiger partial charge in [0.1, 0.15) is 0 Å². The number of carbonyl (C=O) groups is 5. The number of hydrogen-bond acceptors (Lipinski definition) is 9. The second-order valence-electron chi connectivity index (χ2n) is 9.71. The summed E-state index contributed by atoms with van der Waals surface area (Å²) in [7, 11) is 0. The van der Waals surface area contributed by atoms with E-state index in [0.29, 0.717) is 10.9 Å². The van der Waals surface area contributed by atoms with Crippen LogP contribution in [-0.4, -0.2) is 74.5 Å². The van der Waals surface area contributed by atoms with Crippen LogP contribution in [0.2, 0.25) is 0 Å². The van der Waals surface area contributed by atoms with E-state index in [2.05, 4.69) is 25.9 Å². The molecule has 1 rings (SSSR count). The Bertz CT molecular complexity index is 975. The van der Waals surface area contributed by atoms with Crippen molar-refractivity contribution in [1.82, 2.24) is 25.9 Å². The van der Waals surface area contributed by atoms with Gasteiger partial charge in [0.05, 0.1) is 23.7 Å². The van der Waals surface area contributed by atoms with Crippen molar-refractivity contribution in [2.24, 2.45) is 11.8 Å². The van der Waals surface area contributed by atoms with E-state index in [1.165, 1.54) is 18.1 Å². The van der Waals surface area contributed by atoms with Crippen LogP contribution in [-0.2, 0) is 40.0 Å². The first-order valence-electron chi connectivity index (χ1n) is 12.8. The first kappa shape index (κ1) is 35.7. The zero-order valence-corrected chi connectivity index (χ0v) is 24.5. The second kappa shape index (κ2) is 18.9. The Kier molecular flexibility index (Phi) is 17.3. The SMILES string of the molecule is CC(C)SC(C)C(=O)NCCC(=O)N[C@@H](Cc1cnc[nH]1)C(=O)C[C@@H](C)C(=O)N[C@@H](C)C(=O)C(C)C.O=C=O. The fourth-order valence-corrected chi connectivity index (χ4v) is 4.53. The average molecular weight is 568 g/mol. The maximum absolute atomic E-state index is 13.1. The van der Waals surface area contributed by atoms with Gasteiger partial charge in [0, 0.05) is 49.5 Å². The fourth-order valence-electron chi connectivity index (χ4n) is 3.50. The number of nitrogens with zero attached hydrogens (tertiary/aromatic N) is 1. The van der Waals surface area contributed by atoms with Gasteiger partial charge in [-0.1, -0.05) is 34.6 Å². The normalized spacial score (nSPS) is 13.7. The maximum Gasteiger partial charge on any atom is 0.373 e. The number of rotatable bonds is 16. The molecule has 0 bridgehead atoms. The molecule has 3 amide bonds. The summed E-state index contributed by atoms with van der Waals surface area (Å²) >= 11 is 1.53. The van der Waals surface area contributed by atoms with Crippen molar-refractivity contribution in [2.75, 3.05) is 6.54 Å². The lowest BCUT2D eigenvalue weighted by Crippen LogP contribution is -2.46. The van der Waals surface area contributed by atoms with Gasteiger partial charge < -0.3 is 20.9 Å². The van der Waals surface area contributed by atoms with E-state index in [-0.39, 0.29) is 66.5 Å². The number of carbonyl (C=O) groups excluding carboxylic acids is 7. The summed E-state index contributed by atoms with van der Waals surface area (Å²) < 4.78 is 0. The summed E-state index contributed by atoms with van der Waals surface area (Å²) in [4.78, 5) is 85.5. The van der Waals surface area contributed by atoms with Gasteiger partial charge in [-0.25, -0.2) is 4.98 Å². The molecule has 1 aromatic heterocycles. The number of H-pyrrole nitrogens is 1. The third-order valence-corrected chi connectivity index (χ3v) is 6.68. The van der Waals surface area contributed by atoms with Crippen molar-refractivity contribution in [2.45, 2.75) is 90.3 Å². The van der Waals surface area contributed by atoms with Crippen molar-refractivity contribution >= 4 is 47.2 Å². The Hall–Kier alpha value is -3.31. The fraction of sp³-hybridized carbons (Fsp3) is 0.654. The van der Waals surface area contributed by atoms with Crippen molar-refractivity contribution in [1.29, 1.82) is 0 Å². The van der Waals surface area contributed by atoms with E-state index in [1.54, 1.807) is 33.9 Å². The molecule has 0 saturated carbocycles. The molecular formula is C26H41N5O7S. The van der Waals surface area contributed by atoms with Crippen molar-refractivity contribution in [3.63, 3.8) is 0 Å². The van der Waals surface area contributed by atoms with Crippen LogP contribution in [0.15, 0.2) is 12.5 Å². The summed E-state index contributed by atoms with van der Waals surface area (Å²) in [6, 6.07) is -1.51. The first-order valence-corrected chi connectivity index (χ1v) is 13.7. The molecule has 12 nitrogen and oxygen atoms in total. The van der Waals surface area contributed by atoms with Crippen LogP contribution >= 0.6 is 11.8 Å². The number of aromatic nitrogens is 2. The third kappa shape index (κ3) is 15.0. The molecule has 0 fully saturated rings. The Labute approximate surface area is 233 Å².